The van der Waals surface area contributed by atoms with Crippen LogP contribution in [0.15, 0.2) is 0 Å². The van der Waals surface area contributed by atoms with Crippen molar-refractivity contribution in [3.05, 3.63) is 0 Å². The quantitative estimate of drug-likeness (QED) is 0.702. The summed E-state index contributed by atoms with van der Waals surface area (Å²) < 4.78 is 4.76. The summed E-state index contributed by atoms with van der Waals surface area (Å²) in [5.74, 6) is 1.05. The van der Waals surface area contributed by atoms with Gasteiger partial charge < -0.3 is 10.5 Å². The maximum Gasteiger partial charge on any atom is 0.308 e. The molecule has 2 N–H and O–H groups in total. The van der Waals surface area contributed by atoms with E-state index in [2.05, 4.69) is 0 Å². The number of ether oxygens (including phenoxy) is 1. The Balaban J connectivity index is 2.46. The van der Waals surface area contributed by atoms with Crippen molar-refractivity contribution in [2.45, 2.75) is 32.6 Å². The number of rotatable bonds is 3. The average molecular weight is 199 g/mol. The van der Waals surface area contributed by atoms with Gasteiger partial charge in [-0.3, -0.25) is 4.79 Å². The van der Waals surface area contributed by atoms with E-state index in [0.717, 1.165) is 19.4 Å². The molecule has 3 atom stereocenters. The first-order valence-corrected chi connectivity index (χ1v) is 5.47. The third-order valence-electron chi connectivity index (χ3n) is 3.44. The van der Waals surface area contributed by atoms with Gasteiger partial charge in [0.1, 0.15) is 0 Å². The summed E-state index contributed by atoms with van der Waals surface area (Å²) in [4.78, 5) is 11.4. The number of hydrogen-bond donors (Lipinski definition) is 1. The van der Waals surface area contributed by atoms with Gasteiger partial charge in [-0.15, -0.1) is 0 Å². The highest BCUT2D eigenvalue weighted by Gasteiger charge is 2.29. The predicted octanol–water partition coefficient (Wildman–Crippen LogP) is 1.56. The van der Waals surface area contributed by atoms with E-state index >= 15 is 0 Å². The van der Waals surface area contributed by atoms with Crippen molar-refractivity contribution in [1.82, 2.24) is 0 Å². The van der Waals surface area contributed by atoms with E-state index in [1.807, 2.05) is 6.92 Å². The Morgan fingerprint density at radius 3 is 2.86 bits per heavy atom. The Kier molecular flexibility index (Phi) is 4.39. The summed E-state index contributed by atoms with van der Waals surface area (Å²) in [7, 11) is 1.46. The summed E-state index contributed by atoms with van der Waals surface area (Å²) in [6.45, 7) is 2.72. The zero-order valence-electron chi connectivity index (χ0n) is 9.16. The van der Waals surface area contributed by atoms with Gasteiger partial charge in [0.15, 0.2) is 0 Å². The third kappa shape index (κ3) is 2.71. The van der Waals surface area contributed by atoms with Crippen LogP contribution in [0.3, 0.4) is 0 Å². The van der Waals surface area contributed by atoms with Crippen LogP contribution in [0.25, 0.3) is 0 Å². The van der Waals surface area contributed by atoms with Crippen LogP contribution in [-0.4, -0.2) is 19.6 Å². The molecular formula is C11H21NO2. The Hall–Kier alpha value is -0.570. The van der Waals surface area contributed by atoms with Crippen LogP contribution in [0.5, 0.6) is 0 Å². The molecule has 0 bridgehead atoms. The maximum atomic E-state index is 11.4. The SMILES string of the molecule is COC(=O)C(C)C1CCCC(CN)C1. The molecule has 3 nitrogen and oxygen atoms in total. The van der Waals surface area contributed by atoms with E-state index in [9.17, 15) is 4.79 Å². The Labute approximate surface area is 86.0 Å². The molecule has 1 aliphatic carbocycles. The lowest BCUT2D eigenvalue weighted by Gasteiger charge is -2.31. The van der Waals surface area contributed by atoms with E-state index in [0.29, 0.717) is 11.8 Å². The van der Waals surface area contributed by atoms with Crippen molar-refractivity contribution in [3.8, 4) is 0 Å². The second kappa shape index (κ2) is 5.35. The molecule has 0 aromatic carbocycles. The lowest BCUT2D eigenvalue weighted by molar-refractivity contribution is -0.147. The Morgan fingerprint density at radius 1 is 1.57 bits per heavy atom. The van der Waals surface area contributed by atoms with Gasteiger partial charge in [-0.25, -0.2) is 0 Å². The Morgan fingerprint density at radius 2 is 2.29 bits per heavy atom. The number of carbonyl (C=O) groups excluding carboxylic acids is 1. The van der Waals surface area contributed by atoms with Crippen molar-refractivity contribution in [2.24, 2.45) is 23.5 Å². The molecule has 0 heterocycles. The van der Waals surface area contributed by atoms with Crippen molar-refractivity contribution in [3.63, 3.8) is 0 Å². The van der Waals surface area contributed by atoms with E-state index in [-0.39, 0.29) is 11.9 Å². The molecule has 0 aliphatic heterocycles. The molecule has 1 aliphatic rings. The first kappa shape index (κ1) is 11.5. The number of methoxy groups -OCH3 is 1. The van der Waals surface area contributed by atoms with Crippen LogP contribution in [0.4, 0.5) is 0 Å². The molecule has 0 aromatic rings. The average Bonchev–Trinajstić information content (AvgIpc) is 2.27. The van der Waals surface area contributed by atoms with Gasteiger partial charge in [-0.2, -0.15) is 0 Å². The number of carbonyl (C=O) groups is 1. The molecule has 1 rings (SSSR count). The molecule has 3 unspecified atom stereocenters. The Bertz CT molecular complexity index is 194. The zero-order valence-corrected chi connectivity index (χ0v) is 9.16. The smallest absolute Gasteiger partial charge is 0.308 e. The number of hydrogen-bond acceptors (Lipinski definition) is 3. The van der Waals surface area contributed by atoms with Gasteiger partial charge in [0.05, 0.1) is 13.0 Å². The fourth-order valence-corrected chi connectivity index (χ4v) is 2.38. The van der Waals surface area contributed by atoms with Gasteiger partial charge in [0.2, 0.25) is 0 Å². The lowest BCUT2D eigenvalue weighted by Crippen LogP contribution is -2.30. The maximum absolute atomic E-state index is 11.4. The highest BCUT2D eigenvalue weighted by molar-refractivity contribution is 5.72. The largest absolute Gasteiger partial charge is 0.469 e. The third-order valence-corrected chi connectivity index (χ3v) is 3.44. The van der Waals surface area contributed by atoms with Crippen LogP contribution in [0.1, 0.15) is 32.6 Å². The minimum absolute atomic E-state index is 0.0364. The second-order valence-corrected chi connectivity index (χ2v) is 4.34. The van der Waals surface area contributed by atoms with Crippen molar-refractivity contribution in [2.75, 3.05) is 13.7 Å². The predicted molar refractivity (Wildman–Crippen MR) is 55.7 cm³/mol. The summed E-state index contributed by atoms with van der Waals surface area (Å²) in [5, 5.41) is 0. The van der Waals surface area contributed by atoms with Gasteiger partial charge in [0, 0.05) is 0 Å². The van der Waals surface area contributed by atoms with E-state index in [1.165, 1.54) is 20.0 Å². The van der Waals surface area contributed by atoms with Gasteiger partial charge in [-0.1, -0.05) is 13.3 Å². The van der Waals surface area contributed by atoms with E-state index < -0.39 is 0 Å². The highest BCUT2D eigenvalue weighted by atomic mass is 16.5. The van der Waals surface area contributed by atoms with Gasteiger partial charge >= 0.3 is 5.97 Å². The fourth-order valence-electron chi connectivity index (χ4n) is 2.38. The fraction of sp³-hybridized carbons (Fsp3) is 0.909. The number of nitrogens with two attached hydrogens (primary N) is 1. The van der Waals surface area contributed by atoms with Crippen molar-refractivity contribution in [1.29, 1.82) is 0 Å². The van der Waals surface area contributed by atoms with Gasteiger partial charge in [0.25, 0.3) is 0 Å². The first-order chi connectivity index (χ1) is 6.69. The zero-order chi connectivity index (χ0) is 10.6. The summed E-state index contributed by atoms with van der Waals surface area (Å²) in [6, 6.07) is 0. The highest BCUT2D eigenvalue weighted by Crippen LogP contribution is 2.33. The lowest BCUT2D eigenvalue weighted by atomic mass is 9.75. The van der Waals surface area contributed by atoms with Crippen LogP contribution < -0.4 is 5.73 Å². The number of esters is 1. The topological polar surface area (TPSA) is 52.3 Å². The molecule has 1 saturated carbocycles. The summed E-state index contributed by atoms with van der Waals surface area (Å²) in [6.07, 6.45) is 4.66. The van der Waals surface area contributed by atoms with Gasteiger partial charge in [-0.05, 0) is 37.6 Å². The summed E-state index contributed by atoms with van der Waals surface area (Å²) >= 11 is 0. The van der Waals surface area contributed by atoms with Crippen LogP contribution in [-0.2, 0) is 9.53 Å². The standard InChI is InChI=1S/C11H21NO2/c1-8(11(13)14-2)10-5-3-4-9(6-10)7-12/h8-10H,3-7,12H2,1-2H3. The molecule has 0 aromatic heterocycles. The van der Waals surface area contributed by atoms with E-state index in [4.69, 9.17) is 10.5 Å². The van der Waals surface area contributed by atoms with Crippen LogP contribution >= 0.6 is 0 Å². The molecule has 0 spiro atoms. The van der Waals surface area contributed by atoms with Crippen molar-refractivity contribution < 1.29 is 9.53 Å². The molecule has 14 heavy (non-hydrogen) atoms. The first-order valence-electron chi connectivity index (χ1n) is 5.47. The van der Waals surface area contributed by atoms with Crippen LogP contribution in [0.2, 0.25) is 0 Å². The molecule has 3 heteroatoms. The molecular weight excluding hydrogens is 178 g/mol. The monoisotopic (exact) mass is 199 g/mol. The minimum atomic E-state index is -0.0762. The molecule has 0 saturated heterocycles. The minimum Gasteiger partial charge on any atom is -0.469 e. The molecule has 82 valence electrons. The molecule has 0 amide bonds. The second-order valence-electron chi connectivity index (χ2n) is 4.34. The molecule has 0 radical (unpaired) electrons. The summed E-state index contributed by atoms with van der Waals surface area (Å²) in [5.41, 5.74) is 5.66. The van der Waals surface area contributed by atoms with E-state index in [1.54, 1.807) is 0 Å². The van der Waals surface area contributed by atoms with Crippen LogP contribution in [0, 0.1) is 17.8 Å². The molecule has 1 fully saturated rings. The van der Waals surface area contributed by atoms with Crippen molar-refractivity contribution >= 4 is 5.97 Å². The normalized spacial score (nSPS) is 29.6.